The molecule has 2 aromatic rings. The van der Waals surface area contributed by atoms with Crippen molar-refractivity contribution in [2.45, 2.75) is 11.8 Å². The summed E-state index contributed by atoms with van der Waals surface area (Å²) < 4.78 is 25.4. The van der Waals surface area contributed by atoms with Crippen LogP contribution in [0.3, 0.4) is 0 Å². The van der Waals surface area contributed by atoms with E-state index in [0.717, 1.165) is 5.56 Å². The lowest BCUT2D eigenvalue weighted by Crippen LogP contribution is -2.18. The maximum absolute atomic E-state index is 11.9. The normalized spacial score (nSPS) is 11.9. The molecule has 0 atom stereocenters. The van der Waals surface area contributed by atoms with Crippen molar-refractivity contribution in [1.29, 1.82) is 0 Å². The summed E-state index contributed by atoms with van der Waals surface area (Å²) in [5.74, 6) is 0. The molecular formula is C12H14N4O2S. The highest BCUT2D eigenvalue weighted by atomic mass is 32.2. The summed E-state index contributed by atoms with van der Waals surface area (Å²) in [5, 5.41) is 7.66. The van der Waals surface area contributed by atoms with E-state index >= 15 is 0 Å². The molecule has 1 heterocycles. The number of nitrogens with zero attached hydrogens (tertiary/aromatic N) is 3. The lowest BCUT2D eigenvalue weighted by molar-refractivity contribution is 0.584. The van der Waals surface area contributed by atoms with E-state index < -0.39 is 10.0 Å². The molecule has 2 rings (SSSR count). The number of rotatable bonds is 4. The number of benzene rings is 1. The van der Waals surface area contributed by atoms with Gasteiger partial charge in [-0.1, -0.05) is 17.7 Å². The van der Waals surface area contributed by atoms with E-state index in [9.17, 15) is 8.42 Å². The minimum atomic E-state index is -3.62. The fourth-order valence-corrected chi connectivity index (χ4v) is 2.24. The van der Waals surface area contributed by atoms with Gasteiger partial charge in [-0.15, -0.1) is 0 Å². The zero-order chi connectivity index (χ0) is 13.9. The molecule has 0 saturated heterocycles. The van der Waals surface area contributed by atoms with E-state index in [2.05, 4.69) is 15.0 Å². The van der Waals surface area contributed by atoms with Gasteiger partial charge in [0.25, 0.3) is 10.0 Å². The van der Waals surface area contributed by atoms with Gasteiger partial charge in [-0.05, 0) is 19.1 Å². The second-order valence-electron chi connectivity index (χ2n) is 4.11. The minimum Gasteiger partial charge on any atom is -0.275 e. The lowest BCUT2D eigenvalue weighted by atomic mass is 10.2. The number of nitrogens with one attached hydrogen (secondary N) is 1. The number of hydrogen-bond acceptors (Lipinski definition) is 4. The Morgan fingerprint density at radius 3 is 2.58 bits per heavy atom. The molecule has 0 radical (unpaired) electrons. The molecule has 0 aliphatic heterocycles. The van der Waals surface area contributed by atoms with Crippen LogP contribution in [-0.4, -0.2) is 24.4 Å². The molecule has 0 aliphatic carbocycles. The molecule has 0 fully saturated rings. The number of hydrogen-bond donors (Lipinski definition) is 1. The Morgan fingerprint density at radius 2 is 2.00 bits per heavy atom. The van der Waals surface area contributed by atoms with Crippen LogP contribution >= 0.6 is 0 Å². The van der Waals surface area contributed by atoms with Crippen molar-refractivity contribution in [3.05, 3.63) is 47.8 Å². The van der Waals surface area contributed by atoms with E-state index in [1.165, 1.54) is 18.3 Å². The van der Waals surface area contributed by atoms with Crippen LogP contribution in [0.5, 0.6) is 0 Å². The number of aromatic nitrogens is 2. The molecule has 0 aliphatic rings. The zero-order valence-corrected chi connectivity index (χ0v) is 11.4. The lowest BCUT2D eigenvalue weighted by Gasteiger charge is -2.02. The second-order valence-corrected chi connectivity index (χ2v) is 5.77. The highest BCUT2D eigenvalue weighted by Gasteiger charge is 2.11. The Bertz CT molecular complexity index is 687. The van der Waals surface area contributed by atoms with Crippen LogP contribution in [0, 0.1) is 6.92 Å². The van der Waals surface area contributed by atoms with Crippen LogP contribution in [0.1, 0.15) is 11.1 Å². The van der Waals surface area contributed by atoms with Crippen LogP contribution in [0.15, 0.2) is 46.7 Å². The van der Waals surface area contributed by atoms with Gasteiger partial charge in [-0.2, -0.15) is 18.6 Å². The van der Waals surface area contributed by atoms with Crippen molar-refractivity contribution < 1.29 is 8.42 Å². The first-order chi connectivity index (χ1) is 8.97. The first-order valence-electron chi connectivity index (χ1n) is 5.57. The molecule has 1 N–H and O–H groups in total. The fraction of sp³-hybridized carbons (Fsp3) is 0.167. The van der Waals surface area contributed by atoms with E-state index in [4.69, 9.17) is 0 Å². The van der Waals surface area contributed by atoms with E-state index in [1.54, 1.807) is 36.3 Å². The summed E-state index contributed by atoms with van der Waals surface area (Å²) >= 11 is 0. The average molecular weight is 278 g/mol. The van der Waals surface area contributed by atoms with Crippen molar-refractivity contribution in [2.24, 2.45) is 12.1 Å². The molecule has 0 unspecified atom stereocenters. The van der Waals surface area contributed by atoms with Crippen molar-refractivity contribution in [1.82, 2.24) is 14.6 Å². The number of aryl methyl sites for hydroxylation is 2. The van der Waals surface area contributed by atoms with Crippen LogP contribution in [0.2, 0.25) is 0 Å². The summed E-state index contributed by atoms with van der Waals surface area (Å²) in [6.07, 6.45) is 4.71. The van der Waals surface area contributed by atoms with Crippen molar-refractivity contribution in [3.63, 3.8) is 0 Å². The quantitative estimate of drug-likeness (QED) is 0.670. The smallest absolute Gasteiger partial charge is 0.275 e. The molecule has 1 aromatic carbocycles. The number of sulfonamides is 1. The summed E-state index contributed by atoms with van der Waals surface area (Å²) in [7, 11) is -1.84. The van der Waals surface area contributed by atoms with Crippen LogP contribution in [-0.2, 0) is 17.1 Å². The summed E-state index contributed by atoms with van der Waals surface area (Å²) in [6.45, 7) is 1.89. The Balaban J connectivity index is 2.09. The topological polar surface area (TPSA) is 76.3 Å². The summed E-state index contributed by atoms with van der Waals surface area (Å²) in [4.78, 5) is 2.34. The third-order valence-corrected chi connectivity index (χ3v) is 3.68. The van der Waals surface area contributed by atoms with Crippen LogP contribution in [0.25, 0.3) is 0 Å². The molecule has 0 bridgehead atoms. The SMILES string of the molecule is Cc1ccc(S(=O)(=O)NN=Cc2cnn(C)c2)cc1. The second kappa shape index (κ2) is 5.23. The molecule has 1 aromatic heterocycles. The summed E-state index contributed by atoms with van der Waals surface area (Å²) in [5.41, 5.74) is 1.71. The largest absolute Gasteiger partial charge is 0.276 e. The van der Waals surface area contributed by atoms with E-state index in [-0.39, 0.29) is 4.90 Å². The highest BCUT2D eigenvalue weighted by Crippen LogP contribution is 2.09. The third-order valence-electron chi connectivity index (χ3n) is 2.44. The van der Waals surface area contributed by atoms with Gasteiger partial charge in [0.1, 0.15) is 0 Å². The first-order valence-corrected chi connectivity index (χ1v) is 7.06. The molecule has 0 amide bonds. The third kappa shape index (κ3) is 3.41. The van der Waals surface area contributed by atoms with Crippen molar-refractivity contribution in [3.8, 4) is 0 Å². The van der Waals surface area contributed by atoms with Gasteiger partial charge < -0.3 is 0 Å². The predicted molar refractivity (Wildman–Crippen MR) is 72.3 cm³/mol. The van der Waals surface area contributed by atoms with Gasteiger partial charge in [-0.25, -0.2) is 4.83 Å². The Morgan fingerprint density at radius 1 is 1.32 bits per heavy atom. The molecule has 7 heteroatoms. The Hall–Kier alpha value is -2.15. The van der Waals surface area contributed by atoms with Gasteiger partial charge in [-0.3, -0.25) is 4.68 Å². The van der Waals surface area contributed by atoms with Gasteiger partial charge in [0.05, 0.1) is 17.3 Å². The van der Waals surface area contributed by atoms with Gasteiger partial charge in [0.2, 0.25) is 0 Å². The standard InChI is InChI=1S/C12H14N4O2S/c1-10-3-5-12(6-4-10)19(17,18)15-13-7-11-8-14-16(2)9-11/h3-9,15H,1-2H3. The number of hydrazone groups is 1. The molecule has 6 nitrogen and oxygen atoms in total. The molecule has 0 saturated carbocycles. The fourth-order valence-electron chi connectivity index (χ4n) is 1.45. The molecule has 0 spiro atoms. The van der Waals surface area contributed by atoms with E-state index in [0.29, 0.717) is 5.56 Å². The molecule has 19 heavy (non-hydrogen) atoms. The summed E-state index contributed by atoms with van der Waals surface area (Å²) in [6, 6.07) is 6.55. The van der Waals surface area contributed by atoms with Gasteiger partial charge >= 0.3 is 0 Å². The minimum absolute atomic E-state index is 0.182. The monoisotopic (exact) mass is 278 g/mol. The Labute approximate surface area is 111 Å². The first kappa shape index (κ1) is 13.3. The molecule has 100 valence electrons. The average Bonchev–Trinajstić information content (AvgIpc) is 2.75. The van der Waals surface area contributed by atoms with E-state index in [1.807, 2.05) is 6.92 Å². The van der Waals surface area contributed by atoms with Gasteiger partial charge in [0, 0.05) is 18.8 Å². The maximum Gasteiger partial charge on any atom is 0.276 e. The zero-order valence-electron chi connectivity index (χ0n) is 10.6. The maximum atomic E-state index is 11.9. The van der Waals surface area contributed by atoms with Crippen molar-refractivity contribution in [2.75, 3.05) is 0 Å². The van der Waals surface area contributed by atoms with Crippen molar-refractivity contribution >= 4 is 16.2 Å². The van der Waals surface area contributed by atoms with Crippen LogP contribution in [0.4, 0.5) is 0 Å². The van der Waals surface area contributed by atoms with Crippen LogP contribution < -0.4 is 4.83 Å². The predicted octanol–water partition coefficient (Wildman–Crippen LogP) is 1.04. The highest BCUT2D eigenvalue weighted by molar-refractivity contribution is 7.89. The Kier molecular flexibility index (Phi) is 3.66. The molecular weight excluding hydrogens is 264 g/mol. The van der Waals surface area contributed by atoms with Gasteiger partial charge in [0.15, 0.2) is 0 Å².